The van der Waals surface area contributed by atoms with Crippen LogP contribution in [0.2, 0.25) is 0 Å². The minimum absolute atomic E-state index is 0.0140. The molecule has 0 amide bonds. The zero-order chi connectivity index (χ0) is 19.2. The van der Waals surface area contributed by atoms with E-state index in [1.54, 1.807) is 12.3 Å². The monoisotopic (exact) mass is 374 g/mol. The number of halogens is 3. The first-order chi connectivity index (χ1) is 12.8. The number of aromatic nitrogens is 1. The van der Waals surface area contributed by atoms with E-state index in [1.807, 2.05) is 13.0 Å². The topological polar surface area (TPSA) is 34.1 Å². The Morgan fingerprint density at radius 3 is 2.70 bits per heavy atom. The van der Waals surface area contributed by atoms with Crippen LogP contribution in [0.3, 0.4) is 0 Å². The number of pyridine rings is 1. The largest absolute Gasteiger partial charge is 0.416 e. The van der Waals surface area contributed by atoms with Crippen LogP contribution in [0, 0.1) is 12.8 Å². The van der Waals surface area contributed by atoms with Gasteiger partial charge < -0.3 is 10.1 Å². The number of alkyl halides is 3. The number of benzene rings is 1. The molecule has 0 spiro atoms. The van der Waals surface area contributed by atoms with E-state index >= 15 is 0 Å². The molecule has 142 valence electrons. The normalized spacial score (nSPS) is 27.0. The summed E-state index contributed by atoms with van der Waals surface area (Å²) in [6.07, 6.45) is -0.493. The molecule has 3 nitrogen and oxygen atoms in total. The highest BCUT2D eigenvalue weighted by molar-refractivity contribution is 5.51. The Labute approximate surface area is 156 Å². The lowest BCUT2D eigenvalue weighted by Gasteiger charge is -2.30. The standard InChI is InChI=1S/C21H21F3N2O/c1-12-10-14(8-9-25-12)20-18-7-6-17(27-18)19(20)13(2)26-16-5-3-4-15(11-16)21(22,23)24/h3-5,8-11,17-20,26H,2,6-7H2,1H3. The second-order valence-electron chi connectivity index (χ2n) is 7.30. The predicted octanol–water partition coefficient (Wildman–Crippen LogP) is 5.30. The lowest BCUT2D eigenvalue weighted by molar-refractivity contribution is -0.137. The Bertz CT molecular complexity index is 865. The van der Waals surface area contributed by atoms with Gasteiger partial charge in [0.15, 0.2) is 0 Å². The van der Waals surface area contributed by atoms with Crippen molar-refractivity contribution >= 4 is 5.69 Å². The third-order valence-corrected chi connectivity index (χ3v) is 5.48. The van der Waals surface area contributed by atoms with Gasteiger partial charge in [0.05, 0.1) is 17.8 Å². The lowest BCUT2D eigenvalue weighted by atomic mass is 9.74. The molecule has 4 unspecified atom stereocenters. The minimum atomic E-state index is -4.37. The van der Waals surface area contributed by atoms with Gasteiger partial charge in [-0.05, 0) is 55.7 Å². The fourth-order valence-corrected chi connectivity index (χ4v) is 4.36. The van der Waals surface area contributed by atoms with E-state index in [2.05, 4.69) is 22.9 Å². The maximum absolute atomic E-state index is 13.0. The van der Waals surface area contributed by atoms with Crippen LogP contribution >= 0.6 is 0 Å². The van der Waals surface area contributed by atoms with Crippen molar-refractivity contribution < 1.29 is 17.9 Å². The second kappa shape index (κ2) is 6.68. The van der Waals surface area contributed by atoms with E-state index < -0.39 is 11.7 Å². The molecule has 6 heteroatoms. The van der Waals surface area contributed by atoms with E-state index in [1.165, 1.54) is 6.07 Å². The number of nitrogens with one attached hydrogen (secondary N) is 1. The molecule has 2 aliphatic rings. The molecule has 2 bridgehead atoms. The summed E-state index contributed by atoms with van der Waals surface area (Å²) in [5, 5.41) is 3.11. The quantitative estimate of drug-likeness (QED) is 0.789. The van der Waals surface area contributed by atoms with Crippen LogP contribution in [-0.2, 0) is 10.9 Å². The number of hydrogen-bond donors (Lipinski definition) is 1. The Morgan fingerprint density at radius 1 is 1.19 bits per heavy atom. The van der Waals surface area contributed by atoms with Crippen LogP contribution in [0.1, 0.15) is 35.6 Å². The summed E-state index contributed by atoms with van der Waals surface area (Å²) >= 11 is 0. The molecule has 2 aliphatic heterocycles. The molecule has 27 heavy (non-hydrogen) atoms. The Hall–Kier alpha value is -2.34. The van der Waals surface area contributed by atoms with Gasteiger partial charge >= 0.3 is 6.18 Å². The van der Waals surface area contributed by atoms with Gasteiger partial charge in [-0.25, -0.2) is 0 Å². The van der Waals surface area contributed by atoms with E-state index in [0.717, 1.165) is 36.2 Å². The van der Waals surface area contributed by atoms with Crippen molar-refractivity contribution in [3.05, 3.63) is 71.7 Å². The molecule has 4 atom stereocenters. The molecule has 1 aromatic carbocycles. The van der Waals surface area contributed by atoms with Gasteiger partial charge in [-0.3, -0.25) is 4.98 Å². The van der Waals surface area contributed by atoms with Crippen molar-refractivity contribution in [3.63, 3.8) is 0 Å². The van der Waals surface area contributed by atoms with Crippen LogP contribution in [-0.4, -0.2) is 17.2 Å². The minimum Gasteiger partial charge on any atom is -0.374 e. The van der Waals surface area contributed by atoms with Crippen LogP contribution in [0.4, 0.5) is 18.9 Å². The van der Waals surface area contributed by atoms with E-state index in [4.69, 9.17) is 4.74 Å². The van der Waals surface area contributed by atoms with Gasteiger partial charge in [-0.2, -0.15) is 13.2 Å². The predicted molar refractivity (Wildman–Crippen MR) is 97.3 cm³/mol. The van der Waals surface area contributed by atoms with Crippen LogP contribution in [0.5, 0.6) is 0 Å². The summed E-state index contributed by atoms with van der Waals surface area (Å²) in [5.74, 6) is 0.149. The number of anilines is 1. The van der Waals surface area contributed by atoms with Crippen molar-refractivity contribution in [2.45, 2.75) is 44.1 Å². The molecular weight excluding hydrogens is 353 g/mol. The number of nitrogens with zero attached hydrogens (tertiary/aromatic N) is 1. The van der Waals surface area contributed by atoms with Crippen molar-refractivity contribution in [1.29, 1.82) is 0 Å². The van der Waals surface area contributed by atoms with Crippen molar-refractivity contribution in [3.8, 4) is 0 Å². The first-order valence-electron chi connectivity index (χ1n) is 9.04. The van der Waals surface area contributed by atoms with E-state index in [-0.39, 0.29) is 24.0 Å². The van der Waals surface area contributed by atoms with Gasteiger partial charge in [0.25, 0.3) is 0 Å². The first-order valence-corrected chi connectivity index (χ1v) is 9.04. The van der Waals surface area contributed by atoms with Gasteiger partial charge in [0.1, 0.15) is 0 Å². The number of hydrogen-bond acceptors (Lipinski definition) is 3. The summed E-state index contributed by atoms with van der Waals surface area (Å²) in [6.45, 7) is 6.10. The maximum Gasteiger partial charge on any atom is 0.416 e. The number of ether oxygens (including phenoxy) is 1. The summed E-state index contributed by atoms with van der Waals surface area (Å²) in [6, 6.07) is 9.26. The van der Waals surface area contributed by atoms with Crippen LogP contribution < -0.4 is 5.32 Å². The summed E-state index contributed by atoms with van der Waals surface area (Å²) in [7, 11) is 0. The molecule has 0 saturated carbocycles. The first kappa shape index (κ1) is 18.0. The van der Waals surface area contributed by atoms with Crippen molar-refractivity contribution in [1.82, 2.24) is 4.98 Å². The third-order valence-electron chi connectivity index (χ3n) is 5.48. The smallest absolute Gasteiger partial charge is 0.374 e. The van der Waals surface area contributed by atoms with Crippen LogP contribution in [0.15, 0.2) is 54.9 Å². The number of fused-ring (bicyclic) bond motifs is 2. The molecule has 3 heterocycles. The zero-order valence-corrected chi connectivity index (χ0v) is 15.0. The van der Waals surface area contributed by atoms with E-state index in [9.17, 15) is 13.2 Å². The second-order valence-corrected chi connectivity index (χ2v) is 7.30. The highest BCUT2D eigenvalue weighted by atomic mass is 19.4. The van der Waals surface area contributed by atoms with Crippen molar-refractivity contribution in [2.24, 2.45) is 5.92 Å². The third kappa shape index (κ3) is 3.46. The summed E-state index contributed by atoms with van der Waals surface area (Å²) < 4.78 is 45.0. The maximum atomic E-state index is 13.0. The van der Waals surface area contributed by atoms with Crippen LogP contribution in [0.25, 0.3) is 0 Å². The summed E-state index contributed by atoms with van der Waals surface area (Å²) in [5.41, 5.74) is 2.49. The highest BCUT2D eigenvalue weighted by Gasteiger charge is 2.50. The molecule has 0 radical (unpaired) electrons. The highest BCUT2D eigenvalue weighted by Crippen LogP contribution is 2.51. The SMILES string of the molecule is C=C(Nc1cccc(C(F)(F)F)c1)C1C2CCC(O2)C1c1ccnc(C)c1. The molecule has 4 rings (SSSR count). The van der Waals surface area contributed by atoms with Gasteiger partial charge in [-0.15, -0.1) is 0 Å². The fraction of sp³-hybridized carbons (Fsp3) is 0.381. The average Bonchev–Trinajstić information content (AvgIpc) is 3.22. The van der Waals surface area contributed by atoms with E-state index in [0.29, 0.717) is 11.4 Å². The van der Waals surface area contributed by atoms with Gasteiger partial charge in [-0.1, -0.05) is 12.6 Å². The molecule has 1 aromatic heterocycles. The molecule has 1 N–H and O–H groups in total. The lowest BCUT2D eigenvalue weighted by Crippen LogP contribution is -2.29. The number of aryl methyl sites for hydroxylation is 1. The molecular formula is C21H21F3N2O. The average molecular weight is 374 g/mol. The summed E-state index contributed by atoms with van der Waals surface area (Å²) in [4.78, 5) is 4.26. The Morgan fingerprint density at radius 2 is 1.96 bits per heavy atom. The van der Waals surface area contributed by atoms with Crippen molar-refractivity contribution in [2.75, 3.05) is 5.32 Å². The Kier molecular flexibility index (Phi) is 4.46. The Balaban J connectivity index is 1.59. The fourth-order valence-electron chi connectivity index (χ4n) is 4.36. The molecule has 2 fully saturated rings. The molecule has 2 aromatic rings. The van der Waals surface area contributed by atoms with Gasteiger partial charge in [0.2, 0.25) is 0 Å². The molecule has 2 saturated heterocycles. The zero-order valence-electron chi connectivity index (χ0n) is 15.0. The number of rotatable bonds is 4. The van der Waals surface area contributed by atoms with Gasteiger partial charge in [0, 0.05) is 35.1 Å². The molecule has 0 aliphatic carbocycles.